The van der Waals surface area contributed by atoms with Gasteiger partial charge in [-0.2, -0.15) is 0 Å². The van der Waals surface area contributed by atoms with Crippen molar-refractivity contribution in [3.63, 3.8) is 0 Å². The lowest BCUT2D eigenvalue weighted by atomic mass is 10.1. The summed E-state index contributed by atoms with van der Waals surface area (Å²) < 4.78 is 10.5. The highest BCUT2D eigenvalue weighted by Gasteiger charge is 2.12. The fraction of sp³-hybridized carbons (Fsp3) is 0.316. The number of hydrogen-bond donors (Lipinski definition) is 1. The Bertz CT molecular complexity index is 671. The van der Waals surface area contributed by atoms with Crippen LogP contribution in [0.5, 0.6) is 5.75 Å². The van der Waals surface area contributed by atoms with Crippen molar-refractivity contribution in [1.82, 2.24) is 0 Å². The summed E-state index contributed by atoms with van der Waals surface area (Å²) in [6.45, 7) is 3.37. The van der Waals surface area contributed by atoms with Crippen LogP contribution in [-0.2, 0) is 4.74 Å². The maximum atomic E-state index is 11.8. The maximum Gasteiger partial charge on any atom is 0.339 e. The molecule has 2 aromatic rings. The largest absolute Gasteiger partial charge is 0.494 e. The van der Waals surface area contributed by atoms with Gasteiger partial charge in [-0.15, -0.1) is 0 Å². The van der Waals surface area contributed by atoms with Crippen molar-refractivity contribution in [1.29, 1.82) is 0 Å². The number of halogens is 1. The molecule has 0 aromatic heterocycles. The van der Waals surface area contributed by atoms with Gasteiger partial charge in [-0.3, -0.25) is 0 Å². The first-order valence-electron chi connectivity index (χ1n) is 7.92. The van der Waals surface area contributed by atoms with Crippen LogP contribution in [0.15, 0.2) is 42.5 Å². The van der Waals surface area contributed by atoms with Gasteiger partial charge in [0.2, 0.25) is 0 Å². The first kappa shape index (κ1) is 18.1. The zero-order chi connectivity index (χ0) is 17.4. The number of methoxy groups -OCH3 is 1. The molecule has 128 valence electrons. The predicted octanol–water partition coefficient (Wildman–Crippen LogP) is 4.71. The van der Waals surface area contributed by atoms with Crippen molar-refractivity contribution in [2.24, 2.45) is 0 Å². The Balaban J connectivity index is 1.76. The van der Waals surface area contributed by atoms with Crippen LogP contribution in [0.1, 0.15) is 28.8 Å². The minimum atomic E-state index is -0.327. The molecule has 2 rings (SSSR count). The number of benzene rings is 2. The highest BCUT2D eigenvalue weighted by atomic mass is 35.5. The minimum Gasteiger partial charge on any atom is -0.494 e. The number of hydrogen-bond acceptors (Lipinski definition) is 4. The summed E-state index contributed by atoms with van der Waals surface area (Å²) in [5.41, 5.74) is 2.42. The summed E-state index contributed by atoms with van der Waals surface area (Å²) in [5, 5.41) is 4.03. The van der Waals surface area contributed by atoms with Gasteiger partial charge >= 0.3 is 5.97 Å². The molecule has 1 N–H and O–H groups in total. The second kappa shape index (κ2) is 9.18. The van der Waals surface area contributed by atoms with E-state index in [0.717, 1.165) is 36.4 Å². The Morgan fingerprint density at radius 1 is 1.12 bits per heavy atom. The predicted molar refractivity (Wildman–Crippen MR) is 97.2 cm³/mol. The summed E-state index contributed by atoms with van der Waals surface area (Å²) >= 11 is 5.83. The normalized spacial score (nSPS) is 10.3. The lowest BCUT2D eigenvalue weighted by Crippen LogP contribution is -2.11. The topological polar surface area (TPSA) is 47.6 Å². The van der Waals surface area contributed by atoms with E-state index in [1.165, 1.54) is 7.11 Å². The fourth-order valence-electron chi connectivity index (χ4n) is 2.34. The molecule has 0 aliphatic carbocycles. The Morgan fingerprint density at radius 3 is 2.58 bits per heavy atom. The van der Waals surface area contributed by atoms with Crippen molar-refractivity contribution in [2.45, 2.75) is 19.8 Å². The molecule has 0 saturated carbocycles. The molecule has 0 unspecified atom stereocenters. The minimum absolute atomic E-state index is 0.327. The zero-order valence-electron chi connectivity index (χ0n) is 14.0. The van der Waals surface area contributed by atoms with Crippen LogP contribution < -0.4 is 10.1 Å². The molecule has 0 amide bonds. The van der Waals surface area contributed by atoms with E-state index in [1.54, 1.807) is 6.07 Å². The number of para-hydroxylation sites is 1. The number of carbonyl (C=O) groups is 1. The van der Waals surface area contributed by atoms with Crippen LogP contribution >= 0.6 is 11.6 Å². The Kier molecular flexibility index (Phi) is 6.94. The molecule has 0 heterocycles. The smallest absolute Gasteiger partial charge is 0.339 e. The molecular weight excluding hydrogens is 326 g/mol. The summed E-state index contributed by atoms with van der Waals surface area (Å²) in [6.07, 6.45) is 1.84. The van der Waals surface area contributed by atoms with E-state index in [0.29, 0.717) is 17.2 Å². The molecule has 4 nitrogen and oxygen atoms in total. The Labute approximate surface area is 147 Å². The molecule has 0 atom stereocenters. The molecular formula is C19H22ClNO3. The van der Waals surface area contributed by atoms with Crippen LogP contribution in [0.2, 0.25) is 5.02 Å². The summed E-state index contributed by atoms with van der Waals surface area (Å²) in [4.78, 5) is 11.8. The third-order valence-electron chi connectivity index (χ3n) is 3.63. The zero-order valence-corrected chi connectivity index (χ0v) is 14.7. The van der Waals surface area contributed by atoms with Crippen molar-refractivity contribution in [2.75, 3.05) is 25.6 Å². The Morgan fingerprint density at radius 2 is 1.88 bits per heavy atom. The maximum absolute atomic E-state index is 11.8. The first-order valence-corrected chi connectivity index (χ1v) is 8.30. The van der Waals surface area contributed by atoms with E-state index in [-0.39, 0.29) is 5.97 Å². The molecule has 0 aliphatic heterocycles. The van der Waals surface area contributed by atoms with E-state index in [1.807, 2.05) is 43.3 Å². The first-order chi connectivity index (χ1) is 11.6. The van der Waals surface area contributed by atoms with E-state index >= 15 is 0 Å². The summed E-state index contributed by atoms with van der Waals surface area (Å²) in [5.74, 6) is 0.492. The second-order valence-corrected chi connectivity index (χ2v) is 5.86. The molecule has 2 aromatic carbocycles. The quantitative estimate of drug-likeness (QED) is 0.555. The summed E-state index contributed by atoms with van der Waals surface area (Å²) in [7, 11) is 1.39. The molecule has 0 fully saturated rings. The van der Waals surface area contributed by atoms with E-state index < -0.39 is 0 Å². The monoisotopic (exact) mass is 347 g/mol. The van der Waals surface area contributed by atoms with Crippen molar-refractivity contribution >= 4 is 23.3 Å². The molecule has 0 aliphatic rings. The Hall–Kier alpha value is -2.20. The second-order valence-electron chi connectivity index (χ2n) is 5.43. The number of unbranched alkanes of at least 4 members (excludes halogenated alkanes) is 1. The molecule has 24 heavy (non-hydrogen) atoms. The van der Waals surface area contributed by atoms with E-state index in [2.05, 4.69) is 5.32 Å². The number of ether oxygens (including phenoxy) is 2. The van der Waals surface area contributed by atoms with E-state index in [9.17, 15) is 4.79 Å². The fourth-order valence-corrected chi connectivity index (χ4v) is 2.47. The number of anilines is 1. The van der Waals surface area contributed by atoms with Gasteiger partial charge in [0.15, 0.2) is 0 Å². The number of nitrogens with one attached hydrogen (secondary N) is 1. The van der Waals surface area contributed by atoms with Crippen LogP contribution in [0.4, 0.5) is 5.69 Å². The van der Waals surface area contributed by atoms with Gasteiger partial charge in [0.1, 0.15) is 5.75 Å². The van der Waals surface area contributed by atoms with E-state index in [4.69, 9.17) is 21.1 Å². The highest BCUT2D eigenvalue weighted by molar-refractivity contribution is 6.30. The van der Waals surface area contributed by atoms with Crippen molar-refractivity contribution in [3.8, 4) is 5.75 Å². The number of rotatable bonds is 8. The molecule has 0 spiro atoms. The van der Waals surface area contributed by atoms with Gasteiger partial charge in [0.05, 0.1) is 25.0 Å². The molecule has 0 saturated heterocycles. The van der Waals surface area contributed by atoms with Crippen molar-refractivity contribution in [3.05, 3.63) is 58.6 Å². The van der Waals surface area contributed by atoms with Crippen LogP contribution in [-0.4, -0.2) is 26.2 Å². The van der Waals surface area contributed by atoms with Gasteiger partial charge in [-0.05, 0) is 55.7 Å². The van der Waals surface area contributed by atoms with Gasteiger partial charge in [0.25, 0.3) is 0 Å². The van der Waals surface area contributed by atoms with Crippen molar-refractivity contribution < 1.29 is 14.3 Å². The van der Waals surface area contributed by atoms with Crippen LogP contribution in [0.25, 0.3) is 0 Å². The third-order valence-corrected chi connectivity index (χ3v) is 3.89. The lowest BCUT2D eigenvalue weighted by Gasteiger charge is -2.13. The van der Waals surface area contributed by atoms with Crippen LogP contribution in [0, 0.1) is 6.92 Å². The molecule has 0 bridgehead atoms. The number of carbonyl (C=O) groups excluding carboxylic acids is 1. The standard InChI is InChI=1S/C19H22ClNO3/c1-14-6-5-7-17(19(22)23-2)18(14)21-12-3-4-13-24-16-10-8-15(20)9-11-16/h5-11,21H,3-4,12-13H2,1-2H3. The highest BCUT2D eigenvalue weighted by Crippen LogP contribution is 2.21. The number of esters is 1. The number of aryl methyl sites for hydroxylation is 1. The average Bonchev–Trinajstić information content (AvgIpc) is 2.59. The third kappa shape index (κ3) is 5.17. The molecule has 5 heteroatoms. The van der Waals surface area contributed by atoms with Gasteiger partial charge < -0.3 is 14.8 Å². The van der Waals surface area contributed by atoms with Gasteiger partial charge in [-0.25, -0.2) is 4.79 Å². The van der Waals surface area contributed by atoms with Crippen LogP contribution in [0.3, 0.4) is 0 Å². The average molecular weight is 348 g/mol. The molecule has 0 radical (unpaired) electrons. The van der Waals surface area contributed by atoms with Gasteiger partial charge in [-0.1, -0.05) is 23.7 Å². The lowest BCUT2D eigenvalue weighted by molar-refractivity contribution is 0.0601. The summed E-state index contributed by atoms with van der Waals surface area (Å²) in [6, 6.07) is 12.9. The SMILES string of the molecule is COC(=O)c1cccc(C)c1NCCCCOc1ccc(Cl)cc1. The van der Waals surface area contributed by atoms with Gasteiger partial charge in [0, 0.05) is 11.6 Å².